The SMILES string of the molecule is COc1cc(/C=C/C(=O)N[C@H]2CC[C@H](C)CC2)ccc1OCCCCCCl. The Kier molecular flexibility index (Phi) is 9.54. The monoisotopic (exact) mass is 393 g/mol. The molecule has 1 N–H and O–H groups in total. The quantitative estimate of drug-likeness (QED) is 0.338. The van der Waals surface area contributed by atoms with Crippen LogP contribution in [0.4, 0.5) is 0 Å². The minimum atomic E-state index is -0.0341. The maximum atomic E-state index is 12.2. The summed E-state index contributed by atoms with van der Waals surface area (Å²) < 4.78 is 11.2. The first-order valence-electron chi connectivity index (χ1n) is 9.97. The number of methoxy groups -OCH3 is 1. The van der Waals surface area contributed by atoms with Gasteiger partial charge in [0.05, 0.1) is 13.7 Å². The maximum Gasteiger partial charge on any atom is 0.244 e. The molecular formula is C22H32ClNO3. The average Bonchev–Trinajstić information content (AvgIpc) is 2.68. The molecule has 1 aliphatic rings. The van der Waals surface area contributed by atoms with Gasteiger partial charge in [-0.2, -0.15) is 0 Å². The zero-order valence-electron chi connectivity index (χ0n) is 16.5. The van der Waals surface area contributed by atoms with Crippen molar-refractivity contribution in [3.05, 3.63) is 29.8 Å². The Morgan fingerprint density at radius 3 is 2.67 bits per heavy atom. The average molecular weight is 394 g/mol. The third-order valence-corrected chi connectivity index (χ3v) is 5.28. The van der Waals surface area contributed by atoms with Crippen LogP contribution >= 0.6 is 11.6 Å². The molecular weight excluding hydrogens is 362 g/mol. The van der Waals surface area contributed by atoms with Crippen molar-refractivity contribution in [1.29, 1.82) is 0 Å². The van der Waals surface area contributed by atoms with Gasteiger partial charge in [-0.05, 0) is 74.6 Å². The van der Waals surface area contributed by atoms with Crippen LogP contribution in [0.3, 0.4) is 0 Å². The van der Waals surface area contributed by atoms with E-state index in [1.807, 2.05) is 24.3 Å². The highest BCUT2D eigenvalue weighted by molar-refractivity contribution is 6.17. The molecule has 0 radical (unpaired) electrons. The first-order valence-corrected chi connectivity index (χ1v) is 10.5. The van der Waals surface area contributed by atoms with E-state index in [2.05, 4.69) is 12.2 Å². The van der Waals surface area contributed by atoms with Crippen LogP contribution in [0.5, 0.6) is 11.5 Å². The van der Waals surface area contributed by atoms with Gasteiger partial charge in [-0.25, -0.2) is 0 Å². The summed E-state index contributed by atoms with van der Waals surface area (Å²) in [5.41, 5.74) is 0.911. The highest BCUT2D eigenvalue weighted by atomic mass is 35.5. The van der Waals surface area contributed by atoms with Crippen molar-refractivity contribution >= 4 is 23.6 Å². The number of nitrogens with one attached hydrogen (secondary N) is 1. The van der Waals surface area contributed by atoms with Gasteiger partial charge in [0.2, 0.25) is 5.91 Å². The Labute approximate surface area is 168 Å². The second-order valence-corrected chi connectivity index (χ2v) is 7.69. The van der Waals surface area contributed by atoms with Gasteiger partial charge < -0.3 is 14.8 Å². The van der Waals surface area contributed by atoms with Crippen LogP contribution in [0, 0.1) is 5.92 Å². The lowest BCUT2D eigenvalue weighted by Crippen LogP contribution is -2.36. The molecule has 2 rings (SSSR count). The summed E-state index contributed by atoms with van der Waals surface area (Å²) >= 11 is 5.68. The van der Waals surface area contributed by atoms with Gasteiger partial charge in [-0.1, -0.05) is 13.0 Å². The summed E-state index contributed by atoms with van der Waals surface area (Å²) in [5.74, 6) is 2.84. The highest BCUT2D eigenvalue weighted by Crippen LogP contribution is 2.29. The lowest BCUT2D eigenvalue weighted by atomic mass is 9.87. The predicted octanol–water partition coefficient (Wildman–Crippen LogP) is 5.19. The Balaban J connectivity index is 1.84. The zero-order valence-corrected chi connectivity index (χ0v) is 17.3. The Bertz CT molecular complexity index is 610. The van der Waals surface area contributed by atoms with Gasteiger partial charge in [-0.3, -0.25) is 4.79 Å². The lowest BCUT2D eigenvalue weighted by molar-refractivity contribution is -0.117. The molecule has 0 bridgehead atoms. The number of amides is 1. The summed E-state index contributed by atoms with van der Waals surface area (Å²) in [6, 6.07) is 6.02. The molecule has 1 aromatic carbocycles. The molecule has 0 atom stereocenters. The van der Waals surface area contributed by atoms with Gasteiger partial charge in [-0.15, -0.1) is 11.6 Å². The number of rotatable bonds is 10. The fourth-order valence-electron chi connectivity index (χ4n) is 3.29. The maximum absolute atomic E-state index is 12.2. The number of unbranched alkanes of at least 4 members (excludes halogenated alkanes) is 2. The molecule has 0 aliphatic heterocycles. The van der Waals surface area contributed by atoms with E-state index in [1.54, 1.807) is 13.2 Å². The van der Waals surface area contributed by atoms with Crippen molar-refractivity contribution in [1.82, 2.24) is 5.32 Å². The van der Waals surface area contributed by atoms with Crippen LogP contribution in [0.15, 0.2) is 24.3 Å². The normalized spacial score (nSPS) is 19.8. The lowest BCUT2D eigenvalue weighted by Gasteiger charge is -2.26. The van der Waals surface area contributed by atoms with Crippen molar-refractivity contribution in [3.63, 3.8) is 0 Å². The second kappa shape index (κ2) is 11.9. The Morgan fingerprint density at radius 1 is 1.19 bits per heavy atom. The van der Waals surface area contributed by atoms with Crippen molar-refractivity contribution in [3.8, 4) is 11.5 Å². The van der Waals surface area contributed by atoms with Crippen LogP contribution in [0.25, 0.3) is 6.08 Å². The number of hydrogen-bond acceptors (Lipinski definition) is 3. The number of carbonyl (C=O) groups is 1. The fourth-order valence-corrected chi connectivity index (χ4v) is 3.48. The van der Waals surface area contributed by atoms with E-state index in [9.17, 15) is 4.79 Å². The van der Waals surface area contributed by atoms with Crippen molar-refractivity contribution in [2.24, 2.45) is 5.92 Å². The first kappa shape index (κ1) is 21.6. The van der Waals surface area contributed by atoms with Crippen LogP contribution in [-0.2, 0) is 4.79 Å². The third kappa shape index (κ3) is 7.84. The van der Waals surface area contributed by atoms with E-state index in [0.29, 0.717) is 24.3 Å². The molecule has 0 aromatic heterocycles. The van der Waals surface area contributed by atoms with Crippen molar-refractivity contribution in [2.75, 3.05) is 19.6 Å². The fraction of sp³-hybridized carbons (Fsp3) is 0.591. The molecule has 1 fully saturated rings. The van der Waals surface area contributed by atoms with Gasteiger partial charge >= 0.3 is 0 Å². The predicted molar refractivity (Wildman–Crippen MR) is 112 cm³/mol. The van der Waals surface area contributed by atoms with Crippen molar-refractivity contribution < 1.29 is 14.3 Å². The molecule has 0 spiro atoms. The highest BCUT2D eigenvalue weighted by Gasteiger charge is 2.18. The summed E-state index contributed by atoms with van der Waals surface area (Å²) in [5, 5.41) is 3.10. The number of ether oxygens (including phenoxy) is 2. The van der Waals surface area contributed by atoms with Crippen LogP contribution in [-0.4, -0.2) is 31.5 Å². The molecule has 1 amide bonds. The first-order chi connectivity index (χ1) is 13.1. The molecule has 150 valence electrons. The van der Waals surface area contributed by atoms with Crippen LogP contribution in [0.2, 0.25) is 0 Å². The standard InChI is InChI=1S/C22H32ClNO3/c1-17-6-10-19(11-7-17)24-22(25)13-9-18-8-12-20(21(16-18)26-2)27-15-5-3-4-14-23/h8-9,12-13,16-17,19H,3-7,10-11,14-15H2,1-2H3,(H,24,25)/b13-9+/t17-,19-. The summed E-state index contributed by atoms with van der Waals surface area (Å²) in [6.07, 6.45) is 11.0. The molecule has 5 heteroatoms. The number of halogens is 1. The largest absolute Gasteiger partial charge is 0.493 e. The number of benzene rings is 1. The summed E-state index contributed by atoms with van der Waals surface area (Å²) in [7, 11) is 1.62. The van der Waals surface area contributed by atoms with E-state index in [1.165, 1.54) is 12.8 Å². The van der Waals surface area contributed by atoms with E-state index in [4.69, 9.17) is 21.1 Å². The molecule has 1 saturated carbocycles. The topological polar surface area (TPSA) is 47.6 Å². The Morgan fingerprint density at radius 2 is 1.96 bits per heavy atom. The molecule has 1 aliphatic carbocycles. The smallest absolute Gasteiger partial charge is 0.244 e. The van der Waals surface area contributed by atoms with Crippen LogP contribution in [0.1, 0.15) is 57.4 Å². The molecule has 27 heavy (non-hydrogen) atoms. The second-order valence-electron chi connectivity index (χ2n) is 7.31. The molecule has 4 nitrogen and oxygen atoms in total. The van der Waals surface area contributed by atoms with Gasteiger partial charge in [0.25, 0.3) is 0 Å². The van der Waals surface area contributed by atoms with Crippen molar-refractivity contribution in [2.45, 2.75) is 57.9 Å². The third-order valence-electron chi connectivity index (χ3n) is 5.01. The zero-order chi connectivity index (χ0) is 19.5. The number of alkyl halides is 1. The number of hydrogen-bond donors (Lipinski definition) is 1. The molecule has 1 aromatic rings. The van der Waals surface area contributed by atoms with E-state index < -0.39 is 0 Å². The minimum Gasteiger partial charge on any atom is -0.493 e. The van der Waals surface area contributed by atoms with Gasteiger partial charge in [0.1, 0.15) is 0 Å². The molecule has 0 saturated heterocycles. The summed E-state index contributed by atoms with van der Waals surface area (Å²) in [4.78, 5) is 12.2. The Hall–Kier alpha value is -1.68. The van der Waals surface area contributed by atoms with Gasteiger partial charge in [0, 0.05) is 18.0 Å². The molecule has 0 heterocycles. The van der Waals surface area contributed by atoms with E-state index >= 15 is 0 Å². The minimum absolute atomic E-state index is 0.0341. The van der Waals surface area contributed by atoms with E-state index in [-0.39, 0.29) is 5.91 Å². The van der Waals surface area contributed by atoms with Gasteiger partial charge in [0.15, 0.2) is 11.5 Å². The number of carbonyl (C=O) groups excluding carboxylic acids is 1. The van der Waals surface area contributed by atoms with Crippen LogP contribution < -0.4 is 14.8 Å². The summed E-state index contributed by atoms with van der Waals surface area (Å²) in [6.45, 7) is 2.92. The molecule has 0 unspecified atom stereocenters. The van der Waals surface area contributed by atoms with E-state index in [0.717, 1.165) is 49.3 Å².